The van der Waals surface area contributed by atoms with Crippen LogP contribution in [0.4, 0.5) is 11.4 Å². The summed E-state index contributed by atoms with van der Waals surface area (Å²) in [6.07, 6.45) is 9.61. The zero-order chi connectivity index (χ0) is 25.1. The second-order valence-electron chi connectivity index (χ2n) is 10.5. The average Bonchev–Trinajstić information content (AvgIpc) is 3.05. The van der Waals surface area contributed by atoms with Crippen molar-refractivity contribution in [2.45, 2.75) is 82.3 Å². The minimum Gasteiger partial charge on any atom is -0.348 e. The normalized spacial score (nSPS) is 24.9. The largest absolute Gasteiger partial charge is 0.348 e. The predicted molar refractivity (Wildman–Crippen MR) is 141 cm³/mol. The number of amides is 3. The van der Waals surface area contributed by atoms with Gasteiger partial charge in [-0.2, -0.15) is 0 Å². The molecular weight excluding hydrogens is 452 g/mol. The molecule has 0 radical (unpaired) electrons. The van der Waals surface area contributed by atoms with Gasteiger partial charge in [0.1, 0.15) is 0 Å². The Kier molecular flexibility index (Phi) is 7.37. The van der Waals surface area contributed by atoms with Crippen molar-refractivity contribution in [2.75, 3.05) is 10.2 Å². The van der Waals surface area contributed by atoms with Gasteiger partial charge in [-0.25, -0.2) is 0 Å². The Hall–Kier alpha value is -3.19. The molecule has 0 saturated heterocycles. The van der Waals surface area contributed by atoms with Crippen LogP contribution in [-0.2, 0) is 4.79 Å². The molecule has 7 heteroatoms. The molecule has 0 spiro atoms. The van der Waals surface area contributed by atoms with E-state index in [0.29, 0.717) is 22.5 Å². The van der Waals surface area contributed by atoms with E-state index in [0.717, 1.165) is 51.4 Å². The molecule has 1 aliphatic heterocycles. The van der Waals surface area contributed by atoms with E-state index in [2.05, 4.69) is 10.6 Å². The summed E-state index contributed by atoms with van der Waals surface area (Å²) in [7, 11) is 0. The Balaban J connectivity index is 1.49. The fourth-order valence-corrected chi connectivity index (χ4v) is 6.12. The van der Waals surface area contributed by atoms with Gasteiger partial charge < -0.3 is 21.3 Å². The number of fused-ring (bicyclic) bond motifs is 1. The van der Waals surface area contributed by atoms with Gasteiger partial charge in [-0.3, -0.25) is 14.4 Å². The summed E-state index contributed by atoms with van der Waals surface area (Å²) < 4.78 is 0. The summed E-state index contributed by atoms with van der Waals surface area (Å²) >= 11 is 0. The molecular formula is C29H36N4O3. The third-order valence-electron chi connectivity index (χ3n) is 8.09. The van der Waals surface area contributed by atoms with Gasteiger partial charge in [0.05, 0.1) is 11.4 Å². The first-order valence-electron chi connectivity index (χ1n) is 13.4. The van der Waals surface area contributed by atoms with Crippen LogP contribution in [0.3, 0.4) is 0 Å². The number of hydrogen-bond donors (Lipinski definition) is 3. The number of hydrogen-bond acceptors (Lipinski definition) is 4. The van der Waals surface area contributed by atoms with Crippen LogP contribution in [0.15, 0.2) is 48.5 Å². The van der Waals surface area contributed by atoms with E-state index in [1.807, 2.05) is 41.3 Å². The molecule has 0 aromatic heterocycles. The molecule has 2 fully saturated rings. The molecule has 7 nitrogen and oxygen atoms in total. The van der Waals surface area contributed by atoms with Crippen molar-refractivity contribution in [2.24, 2.45) is 11.7 Å². The number of rotatable bonds is 4. The van der Waals surface area contributed by atoms with Crippen molar-refractivity contribution >= 4 is 29.1 Å². The van der Waals surface area contributed by atoms with Crippen LogP contribution in [0.25, 0.3) is 0 Å². The quantitative estimate of drug-likeness (QED) is 0.584. The van der Waals surface area contributed by atoms with Crippen molar-refractivity contribution in [3.63, 3.8) is 0 Å². The Bertz CT molecular complexity index is 1110. The van der Waals surface area contributed by atoms with Crippen LogP contribution < -0.4 is 21.3 Å². The zero-order valence-corrected chi connectivity index (χ0v) is 20.7. The summed E-state index contributed by atoms with van der Waals surface area (Å²) in [4.78, 5) is 41.9. The first-order valence-corrected chi connectivity index (χ1v) is 13.4. The summed E-state index contributed by atoms with van der Waals surface area (Å²) in [5.41, 5.74) is 8.43. The van der Waals surface area contributed by atoms with Gasteiger partial charge in [0.15, 0.2) is 0 Å². The van der Waals surface area contributed by atoms with Gasteiger partial charge in [-0.15, -0.1) is 0 Å². The molecule has 1 heterocycles. The summed E-state index contributed by atoms with van der Waals surface area (Å²) in [6.45, 7) is 0. The van der Waals surface area contributed by atoms with Crippen LogP contribution in [0, 0.1) is 5.92 Å². The van der Waals surface area contributed by atoms with Gasteiger partial charge >= 0.3 is 0 Å². The van der Waals surface area contributed by atoms with E-state index < -0.39 is 0 Å². The summed E-state index contributed by atoms with van der Waals surface area (Å²) in [6, 6.07) is 14.2. The smallest absolute Gasteiger partial charge is 0.258 e. The number of nitrogens with zero attached hydrogens (tertiary/aromatic N) is 1. The van der Waals surface area contributed by atoms with Gasteiger partial charge in [-0.05, 0) is 61.9 Å². The van der Waals surface area contributed by atoms with Crippen molar-refractivity contribution in [3.8, 4) is 0 Å². The monoisotopic (exact) mass is 488 g/mol. The van der Waals surface area contributed by atoms with E-state index >= 15 is 0 Å². The predicted octanol–water partition coefficient (Wildman–Crippen LogP) is 4.62. The lowest BCUT2D eigenvalue weighted by atomic mass is 9.81. The van der Waals surface area contributed by atoms with Gasteiger partial charge in [0.25, 0.3) is 11.8 Å². The van der Waals surface area contributed by atoms with E-state index in [1.165, 1.54) is 6.42 Å². The van der Waals surface area contributed by atoms with E-state index in [9.17, 15) is 14.4 Å². The number of nitrogens with one attached hydrogen (secondary N) is 2. The molecule has 2 aliphatic carbocycles. The molecule has 3 unspecified atom stereocenters. The lowest BCUT2D eigenvalue weighted by Crippen LogP contribution is -2.49. The Labute approximate surface area is 212 Å². The number of carbonyl (C=O) groups excluding carboxylic acids is 3. The number of carbonyl (C=O) groups is 3. The van der Waals surface area contributed by atoms with Crippen LogP contribution in [0.2, 0.25) is 0 Å². The van der Waals surface area contributed by atoms with Crippen molar-refractivity contribution in [3.05, 3.63) is 59.7 Å². The SMILES string of the molecule is NC1CCCCC1NC(=O)c1ccc2c(c1)NC(=O)CC(C1CCCCC1)N2C(=O)c1ccccc1. The molecule has 0 bridgehead atoms. The molecule has 190 valence electrons. The van der Waals surface area contributed by atoms with E-state index in [1.54, 1.807) is 12.1 Å². The topological polar surface area (TPSA) is 105 Å². The highest BCUT2D eigenvalue weighted by molar-refractivity contribution is 6.12. The molecule has 5 rings (SSSR count). The molecule has 3 aliphatic rings. The third kappa shape index (κ3) is 5.16. The van der Waals surface area contributed by atoms with Crippen LogP contribution in [-0.4, -0.2) is 35.8 Å². The maximum atomic E-state index is 13.9. The molecule has 3 atom stereocenters. The van der Waals surface area contributed by atoms with Crippen LogP contribution in [0.5, 0.6) is 0 Å². The fourth-order valence-electron chi connectivity index (χ4n) is 6.12. The van der Waals surface area contributed by atoms with Gasteiger partial charge in [-0.1, -0.05) is 50.3 Å². The Morgan fingerprint density at radius 2 is 1.61 bits per heavy atom. The average molecular weight is 489 g/mol. The highest BCUT2D eigenvalue weighted by Gasteiger charge is 2.38. The number of anilines is 2. The van der Waals surface area contributed by atoms with E-state index in [-0.39, 0.29) is 48.2 Å². The summed E-state index contributed by atoms with van der Waals surface area (Å²) in [5, 5.41) is 6.08. The van der Waals surface area contributed by atoms with E-state index in [4.69, 9.17) is 5.73 Å². The van der Waals surface area contributed by atoms with Crippen LogP contribution >= 0.6 is 0 Å². The molecule has 3 amide bonds. The highest BCUT2D eigenvalue weighted by Crippen LogP contribution is 2.39. The fraction of sp³-hybridized carbons (Fsp3) is 0.483. The first kappa shape index (κ1) is 24.5. The lowest BCUT2D eigenvalue weighted by Gasteiger charge is -2.37. The molecule has 36 heavy (non-hydrogen) atoms. The molecule has 4 N–H and O–H groups in total. The molecule has 2 saturated carbocycles. The number of benzene rings is 2. The van der Waals surface area contributed by atoms with Crippen LogP contribution in [0.1, 0.15) is 84.9 Å². The third-order valence-corrected chi connectivity index (χ3v) is 8.09. The Morgan fingerprint density at radius 3 is 2.36 bits per heavy atom. The van der Waals surface area contributed by atoms with Crippen molar-refractivity contribution in [1.29, 1.82) is 0 Å². The van der Waals surface area contributed by atoms with Gasteiger partial charge in [0.2, 0.25) is 5.91 Å². The first-order chi connectivity index (χ1) is 17.5. The summed E-state index contributed by atoms with van der Waals surface area (Å²) in [5.74, 6) is -0.182. The highest BCUT2D eigenvalue weighted by atomic mass is 16.2. The molecule has 2 aromatic rings. The second kappa shape index (κ2) is 10.8. The maximum absolute atomic E-state index is 13.9. The van der Waals surface area contributed by atoms with Gasteiger partial charge in [0, 0.05) is 35.7 Å². The van der Waals surface area contributed by atoms with Crippen molar-refractivity contribution < 1.29 is 14.4 Å². The maximum Gasteiger partial charge on any atom is 0.258 e. The molecule has 2 aromatic carbocycles. The standard InChI is InChI=1S/C29H36N4O3/c30-22-13-7-8-14-23(22)32-28(35)21-15-16-25-24(17-21)31-27(34)18-26(19-9-3-1-4-10-19)33(25)29(36)20-11-5-2-6-12-20/h2,5-6,11-12,15-17,19,22-23,26H,1,3-4,7-10,13-14,18,30H2,(H,31,34)(H,32,35). The second-order valence-corrected chi connectivity index (χ2v) is 10.5. The minimum atomic E-state index is -0.223. The lowest BCUT2D eigenvalue weighted by molar-refractivity contribution is -0.116. The zero-order valence-electron chi connectivity index (χ0n) is 20.7. The minimum absolute atomic E-state index is 0.0431. The van der Waals surface area contributed by atoms with Crippen molar-refractivity contribution in [1.82, 2.24) is 5.32 Å². The Morgan fingerprint density at radius 1 is 0.889 bits per heavy atom. The number of nitrogens with two attached hydrogens (primary N) is 1.